The van der Waals surface area contributed by atoms with Gasteiger partial charge in [-0.25, -0.2) is 8.42 Å². The fraction of sp³-hybridized carbons (Fsp3) is 0.632. The lowest BCUT2D eigenvalue weighted by Gasteiger charge is -2.33. The molecule has 1 aromatic carbocycles. The Hall–Kier alpha value is -1.44. The number of nitrogens with one attached hydrogen (secondary N) is 1. The number of benzene rings is 1. The highest BCUT2D eigenvalue weighted by atomic mass is 32.2. The van der Waals surface area contributed by atoms with Crippen molar-refractivity contribution in [1.82, 2.24) is 14.5 Å². The van der Waals surface area contributed by atoms with Crippen molar-refractivity contribution in [2.45, 2.75) is 38.4 Å². The summed E-state index contributed by atoms with van der Waals surface area (Å²) in [6.45, 7) is 5.31. The molecular formula is C19H31N3O3S. The maximum atomic E-state index is 12.5. The van der Waals surface area contributed by atoms with Gasteiger partial charge in [-0.3, -0.25) is 9.69 Å². The number of carbonyl (C=O) groups is 1. The van der Waals surface area contributed by atoms with Crippen LogP contribution < -0.4 is 5.32 Å². The third-order valence-corrected chi connectivity index (χ3v) is 6.49. The maximum absolute atomic E-state index is 12.5. The molecule has 1 aliphatic heterocycles. The van der Waals surface area contributed by atoms with Crippen LogP contribution in [0.15, 0.2) is 30.3 Å². The van der Waals surface area contributed by atoms with Crippen molar-refractivity contribution >= 4 is 15.9 Å². The van der Waals surface area contributed by atoms with Gasteiger partial charge >= 0.3 is 0 Å². The summed E-state index contributed by atoms with van der Waals surface area (Å²) < 4.78 is 26.6. The summed E-state index contributed by atoms with van der Waals surface area (Å²) in [5, 5.41) is 2.95. The zero-order chi connectivity index (χ0) is 18.8. The van der Waals surface area contributed by atoms with Gasteiger partial charge in [0, 0.05) is 32.7 Å². The molecule has 0 spiro atoms. The number of unbranched alkanes of at least 4 members (excludes halogenated alkanes) is 3. The average Bonchev–Trinajstić information content (AvgIpc) is 2.62. The van der Waals surface area contributed by atoms with Gasteiger partial charge in [-0.2, -0.15) is 4.31 Å². The zero-order valence-corrected chi connectivity index (χ0v) is 16.5. The van der Waals surface area contributed by atoms with Crippen LogP contribution in [-0.2, 0) is 20.6 Å². The minimum Gasteiger partial charge on any atom is -0.355 e. The first-order chi connectivity index (χ1) is 12.5. The molecule has 0 atom stereocenters. The summed E-state index contributed by atoms with van der Waals surface area (Å²) >= 11 is 0. The van der Waals surface area contributed by atoms with Crippen LogP contribution >= 0.6 is 0 Å². The largest absolute Gasteiger partial charge is 0.355 e. The lowest BCUT2D eigenvalue weighted by molar-refractivity contribution is -0.122. The SMILES string of the molecule is CCCCCCNC(=O)CN1CCN(S(=O)(=O)Cc2ccccc2)CC1. The van der Waals surface area contributed by atoms with E-state index in [-0.39, 0.29) is 11.7 Å². The molecule has 6 nitrogen and oxygen atoms in total. The van der Waals surface area contributed by atoms with Gasteiger partial charge in [-0.05, 0) is 12.0 Å². The summed E-state index contributed by atoms with van der Waals surface area (Å²) in [6.07, 6.45) is 4.56. The minimum atomic E-state index is -3.31. The predicted molar refractivity (Wildman–Crippen MR) is 104 cm³/mol. The number of amides is 1. The van der Waals surface area contributed by atoms with Crippen molar-refractivity contribution in [3.63, 3.8) is 0 Å². The average molecular weight is 382 g/mol. The Morgan fingerprint density at radius 1 is 1.04 bits per heavy atom. The Bertz CT molecular complexity index is 641. The molecule has 1 aromatic rings. The van der Waals surface area contributed by atoms with E-state index < -0.39 is 10.0 Å². The number of nitrogens with zero attached hydrogens (tertiary/aromatic N) is 2. The lowest BCUT2D eigenvalue weighted by atomic mass is 10.2. The van der Waals surface area contributed by atoms with E-state index in [9.17, 15) is 13.2 Å². The van der Waals surface area contributed by atoms with Gasteiger partial charge < -0.3 is 5.32 Å². The molecule has 7 heteroatoms. The molecule has 0 aliphatic carbocycles. The number of rotatable bonds is 10. The van der Waals surface area contributed by atoms with E-state index >= 15 is 0 Å². The van der Waals surface area contributed by atoms with Crippen LogP contribution in [0.25, 0.3) is 0 Å². The molecule has 1 N–H and O–H groups in total. The molecule has 1 aliphatic rings. The molecule has 26 heavy (non-hydrogen) atoms. The summed E-state index contributed by atoms with van der Waals surface area (Å²) in [6, 6.07) is 9.24. The van der Waals surface area contributed by atoms with Crippen LogP contribution in [0, 0.1) is 0 Å². The predicted octanol–water partition coefficient (Wildman–Crippen LogP) is 1.83. The highest BCUT2D eigenvalue weighted by molar-refractivity contribution is 7.88. The highest BCUT2D eigenvalue weighted by Gasteiger charge is 2.27. The first-order valence-electron chi connectivity index (χ1n) is 9.52. The minimum absolute atomic E-state index is 0.0297. The Kier molecular flexibility index (Phi) is 8.54. The van der Waals surface area contributed by atoms with Crippen molar-refractivity contribution in [3.05, 3.63) is 35.9 Å². The van der Waals surface area contributed by atoms with Crippen molar-refractivity contribution < 1.29 is 13.2 Å². The van der Waals surface area contributed by atoms with Crippen LogP contribution in [0.4, 0.5) is 0 Å². The number of hydrogen-bond donors (Lipinski definition) is 1. The van der Waals surface area contributed by atoms with Gasteiger partial charge in [0.05, 0.1) is 12.3 Å². The normalized spacial score (nSPS) is 16.5. The maximum Gasteiger partial charge on any atom is 0.234 e. The van der Waals surface area contributed by atoms with Gasteiger partial charge in [0.2, 0.25) is 15.9 Å². The molecule has 0 bridgehead atoms. The summed E-state index contributed by atoms with van der Waals surface area (Å²) in [5.41, 5.74) is 0.803. The van der Waals surface area contributed by atoms with E-state index in [0.717, 1.165) is 24.9 Å². The zero-order valence-electron chi connectivity index (χ0n) is 15.7. The standard InChI is InChI=1S/C19H31N3O3S/c1-2-3-4-8-11-20-19(23)16-21-12-14-22(15-13-21)26(24,25)17-18-9-6-5-7-10-18/h5-7,9-10H,2-4,8,11-17H2,1H3,(H,20,23). The van der Waals surface area contributed by atoms with Gasteiger partial charge in [-0.1, -0.05) is 56.5 Å². The monoisotopic (exact) mass is 381 g/mol. The Labute approximate surface area is 157 Å². The number of piperazine rings is 1. The molecule has 0 saturated carbocycles. The van der Waals surface area contributed by atoms with Crippen molar-refractivity contribution in [2.24, 2.45) is 0 Å². The van der Waals surface area contributed by atoms with Crippen molar-refractivity contribution in [1.29, 1.82) is 0 Å². The molecule has 2 rings (SSSR count). The van der Waals surface area contributed by atoms with Crippen LogP contribution in [-0.4, -0.2) is 62.8 Å². The molecular weight excluding hydrogens is 350 g/mol. The summed E-state index contributed by atoms with van der Waals surface area (Å²) in [7, 11) is -3.31. The smallest absolute Gasteiger partial charge is 0.234 e. The Morgan fingerprint density at radius 2 is 1.73 bits per heavy atom. The first kappa shape index (κ1) is 20.9. The fourth-order valence-electron chi connectivity index (χ4n) is 3.08. The van der Waals surface area contributed by atoms with E-state index in [1.165, 1.54) is 12.8 Å². The second-order valence-corrected chi connectivity index (χ2v) is 8.80. The highest BCUT2D eigenvalue weighted by Crippen LogP contribution is 2.13. The molecule has 1 fully saturated rings. The molecule has 0 unspecified atom stereocenters. The van der Waals surface area contributed by atoms with E-state index in [0.29, 0.717) is 32.7 Å². The molecule has 1 saturated heterocycles. The van der Waals surface area contributed by atoms with E-state index in [1.807, 2.05) is 35.2 Å². The Morgan fingerprint density at radius 3 is 2.38 bits per heavy atom. The van der Waals surface area contributed by atoms with Crippen LogP contribution in [0.2, 0.25) is 0 Å². The lowest BCUT2D eigenvalue weighted by Crippen LogP contribution is -2.51. The van der Waals surface area contributed by atoms with E-state index in [2.05, 4.69) is 12.2 Å². The topological polar surface area (TPSA) is 69.7 Å². The van der Waals surface area contributed by atoms with E-state index in [1.54, 1.807) is 4.31 Å². The number of sulfonamides is 1. The summed E-state index contributed by atoms with van der Waals surface area (Å²) in [4.78, 5) is 14.0. The molecule has 0 radical (unpaired) electrons. The molecule has 1 heterocycles. The molecule has 0 aromatic heterocycles. The molecule has 146 valence electrons. The summed E-state index contributed by atoms with van der Waals surface area (Å²) in [5.74, 6) is 0.0635. The van der Waals surface area contributed by atoms with Crippen molar-refractivity contribution in [2.75, 3.05) is 39.3 Å². The third kappa shape index (κ3) is 7.05. The number of carbonyl (C=O) groups excluding carboxylic acids is 1. The van der Waals surface area contributed by atoms with Gasteiger partial charge in [0.15, 0.2) is 0 Å². The van der Waals surface area contributed by atoms with Crippen LogP contribution in [0.1, 0.15) is 38.2 Å². The van der Waals surface area contributed by atoms with Crippen molar-refractivity contribution in [3.8, 4) is 0 Å². The second-order valence-electron chi connectivity index (χ2n) is 6.83. The van der Waals surface area contributed by atoms with Crippen LogP contribution in [0.3, 0.4) is 0 Å². The van der Waals surface area contributed by atoms with Gasteiger partial charge in [-0.15, -0.1) is 0 Å². The fourth-order valence-corrected chi connectivity index (χ4v) is 4.60. The number of hydrogen-bond acceptors (Lipinski definition) is 4. The first-order valence-corrected chi connectivity index (χ1v) is 11.1. The van der Waals surface area contributed by atoms with Gasteiger partial charge in [0.25, 0.3) is 0 Å². The van der Waals surface area contributed by atoms with Gasteiger partial charge in [0.1, 0.15) is 0 Å². The third-order valence-electron chi connectivity index (χ3n) is 4.64. The van der Waals surface area contributed by atoms with E-state index in [4.69, 9.17) is 0 Å². The quantitative estimate of drug-likeness (QED) is 0.628. The molecule has 1 amide bonds. The van der Waals surface area contributed by atoms with Crippen LogP contribution in [0.5, 0.6) is 0 Å². The Balaban J connectivity index is 1.70. The second kappa shape index (κ2) is 10.6.